The van der Waals surface area contributed by atoms with Gasteiger partial charge in [0.15, 0.2) is 6.10 Å². The molecule has 0 saturated heterocycles. The van der Waals surface area contributed by atoms with Crippen LogP contribution in [0.2, 0.25) is 0 Å². The first kappa shape index (κ1) is 49.3. The smallest absolute Gasteiger partial charge is 0.306 e. The highest BCUT2D eigenvalue weighted by atomic mass is 31.2. The van der Waals surface area contributed by atoms with Crippen molar-refractivity contribution >= 4 is 13.8 Å². The molecule has 0 aliphatic carbocycles. The molecule has 0 saturated carbocycles. The van der Waals surface area contributed by atoms with Gasteiger partial charge >= 0.3 is 5.97 Å². The molecule has 9 heteroatoms. The third-order valence-electron chi connectivity index (χ3n) is 8.45. The quantitative estimate of drug-likeness (QED) is 0.0156. The second kappa shape index (κ2) is 35.3. The van der Waals surface area contributed by atoms with Crippen LogP contribution in [0.1, 0.15) is 162 Å². The van der Waals surface area contributed by atoms with E-state index < -0.39 is 19.9 Å². The number of esters is 1. The number of quaternary nitrogens is 1. The average molecular weight is 740 g/mol. The Hall–Kier alpha value is -1.70. The van der Waals surface area contributed by atoms with Crippen LogP contribution in [0, 0.1) is 0 Å². The van der Waals surface area contributed by atoms with Gasteiger partial charge in [-0.05, 0) is 63.9 Å². The standard InChI is InChI=1S/C42H78NO7P/c1-6-8-10-12-14-16-18-20-22-23-25-27-29-31-33-35-42(44)50-41(40-49-51(45,46)48-38-36-43(3,4)5)39-47-37-34-32-30-28-26-24-21-19-17-15-13-11-9-7-2/h14,16,20,22,25,27,34,37,41H,6-13,15,17-19,21,23-24,26,28-33,35-36,38-40H2,1-5H3/b16-14+,22-20+,27-25+,37-34+/t41-/m1/s1. The first-order valence-electron chi connectivity index (χ1n) is 20.4. The van der Waals surface area contributed by atoms with Gasteiger partial charge in [0.2, 0.25) is 0 Å². The minimum absolute atomic E-state index is 0.00443. The van der Waals surface area contributed by atoms with E-state index in [1.54, 1.807) is 6.26 Å². The summed E-state index contributed by atoms with van der Waals surface area (Å²) in [6.07, 6.45) is 42.1. The Kier molecular flexibility index (Phi) is 34.2. The molecule has 0 amide bonds. The Morgan fingerprint density at radius 3 is 1.67 bits per heavy atom. The SMILES string of the molecule is CCCCC/C=C/C/C=C/C/C=C/CCCCC(=O)O[C@H](CO/C=C/CCCCCCCCCCCCCC)COP(=O)([O-])OCC[N+](C)(C)C. The molecule has 1 unspecified atom stereocenters. The molecule has 0 aromatic rings. The van der Waals surface area contributed by atoms with Crippen LogP contribution in [-0.4, -0.2) is 64.1 Å². The molecule has 0 heterocycles. The van der Waals surface area contributed by atoms with Crippen LogP contribution in [0.25, 0.3) is 0 Å². The van der Waals surface area contributed by atoms with E-state index in [0.717, 1.165) is 38.5 Å². The van der Waals surface area contributed by atoms with Gasteiger partial charge in [-0.2, -0.15) is 0 Å². The van der Waals surface area contributed by atoms with Crippen molar-refractivity contribution in [2.24, 2.45) is 0 Å². The number of likely N-dealkylation sites (N-methyl/N-ethyl adjacent to an activating group) is 1. The highest BCUT2D eigenvalue weighted by molar-refractivity contribution is 7.45. The molecule has 0 aliphatic rings. The summed E-state index contributed by atoms with van der Waals surface area (Å²) in [5.74, 6) is -0.394. The van der Waals surface area contributed by atoms with Gasteiger partial charge in [-0.25, -0.2) is 0 Å². The van der Waals surface area contributed by atoms with Crippen molar-refractivity contribution in [3.63, 3.8) is 0 Å². The van der Waals surface area contributed by atoms with E-state index in [9.17, 15) is 14.3 Å². The Morgan fingerprint density at radius 2 is 1.10 bits per heavy atom. The van der Waals surface area contributed by atoms with E-state index in [2.05, 4.69) is 50.3 Å². The molecule has 0 aromatic heterocycles. The third kappa shape index (κ3) is 39.3. The zero-order valence-electron chi connectivity index (χ0n) is 33.5. The molecular weight excluding hydrogens is 661 g/mol. The average Bonchev–Trinajstić information content (AvgIpc) is 3.08. The van der Waals surface area contributed by atoms with E-state index in [1.807, 2.05) is 27.2 Å². The molecule has 8 nitrogen and oxygen atoms in total. The molecule has 0 radical (unpaired) electrons. The van der Waals surface area contributed by atoms with E-state index in [0.29, 0.717) is 17.4 Å². The number of carbonyl (C=O) groups is 1. The summed E-state index contributed by atoms with van der Waals surface area (Å²) in [6.45, 7) is 4.65. The number of hydrogen-bond acceptors (Lipinski definition) is 7. The second-order valence-corrected chi connectivity index (χ2v) is 16.1. The molecular formula is C42H78NO7P. The monoisotopic (exact) mass is 740 g/mol. The number of carbonyl (C=O) groups excluding carboxylic acids is 1. The first-order valence-corrected chi connectivity index (χ1v) is 21.9. The number of phosphoric acid groups is 1. The Bertz CT molecular complexity index is 957. The van der Waals surface area contributed by atoms with Crippen molar-refractivity contribution in [1.29, 1.82) is 0 Å². The maximum atomic E-state index is 12.6. The number of hydrogen-bond donors (Lipinski definition) is 0. The van der Waals surface area contributed by atoms with Gasteiger partial charge in [0.05, 0.1) is 34.0 Å². The highest BCUT2D eigenvalue weighted by Gasteiger charge is 2.20. The fraction of sp³-hybridized carbons (Fsp3) is 0.786. The summed E-state index contributed by atoms with van der Waals surface area (Å²) in [7, 11) is 1.30. The van der Waals surface area contributed by atoms with E-state index in [-0.39, 0.29) is 26.2 Å². The number of nitrogens with zero attached hydrogens (tertiary/aromatic N) is 1. The molecule has 0 aromatic carbocycles. The van der Waals surface area contributed by atoms with Crippen LogP contribution in [-0.2, 0) is 27.9 Å². The number of allylic oxidation sites excluding steroid dienone is 7. The lowest BCUT2D eigenvalue weighted by Crippen LogP contribution is -2.37. The van der Waals surface area contributed by atoms with Gasteiger partial charge < -0.3 is 27.9 Å². The minimum atomic E-state index is -4.55. The van der Waals surface area contributed by atoms with E-state index >= 15 is 0 Å². The van der Waals surface area contributed by atoms with E-state index in [1.165, 1.54) is 96.3 Å². The summed E-state index contributed by atoms with van der Waals surface area (Å²) in [6, 6.07) is 0. The maximum absolute atomic E-state index is 12.6. The zero-order chi connectivity index (χ0) is 37.7. The molecule has 2 atom stereocenters. The van der Waals surface area contributed by atoms with Crippen LogP contribution < -0.4 is 4.89 Å². The molecule has 0 bridgehead atoms. The summed E-state index contributed by atoms with van der Waals surface area (Å²) in [4.78, 5) is 24.9. The summed E-state index contributed by atoms with van der Waals surface area (Å²) < 4.78 is 34.2. The molecule has 298 valence electrons. The van der Waals surface area contributed by atoms with Crippen LogP contribution in [0.15, 0.2) is 48.8 Å². The van der Waals surface area contributed by atoms with Crippen LogP contribution in [0.5, 0.6) is 0 Å². The van der Waals surface area contributed by atoms with Crippen LogP contribution >= 0.6 is 7.82 Å². The molecule has 0 spiro atoms. The summed E-state index contributed by atoms with van der Waals surface area (Å²) >= 11 is 0. The van der Waals surface area contributed by atoms with Crippen molar-refractivity contribution in [3.05, 3.63) is 48.8 Å². The van der Waals surface area contributed by atoms with Gasteiger partial charge in [-0.15, -0.1) is 0 Å². The lowest BCUT2D eigenvalue weighted by atomic mass is 10.0. The molecule has 0 fully saturated rings. The van der Waals surface area contributed by atoms with Gasteiger partial charge in [0.25, 0.3) is 7.82 Å². The lowest BCUT2D eigenvalue weighted by molar-refractivity contribution is -0.870. The largest absolute Gasteiger partial charge is 0.756 e. The van der Waals surface area contributed by atoms with Crippen molar-refractivity contribution in [2.45, 2.75) is 168 Å². The van der Waals surface area contributed by atoms with E-state index in [4.69, 9.17) is 18.5 Å². The molecule has 0 N–H and O–H groups in total. The minimum Gasteiger partial charge on any atom is -0.756 e. The van der Waals surface area contributed by atoms with Gasteiger partial charge in [-0.1, -0.05) is 134 Å². The normalized spacial score (nSPS) is 14.3. The third-order valence-corrected chi connectivity index (χ3v) is 9.41. The zero-order valence-corrected chi connectivity index (χ0v) is 34.4. The van der Waals surface area contributed by atoms with Crippen molar-refractivity contribution in [3.8, 4) is 0 Å². The van der Waals surface area contributed by atoms with Crippen molar-refractivity contribution < 1.29 is 37.3 Å². The second-order valence-electron chi connectivity index (χ2n) is 14.7. The van der Waals surface area contributed by atoms with Crippen LogP contribution in [0.4, 0.5) is 0 Å². The molecule has 0 rings (SSSR count). The fourth-order valence-corrected chi connectivity index (χ4v) is 5.95. The summed E-state index contributed by atoms with van der Waals surface area (Å²) in [5, 5.41) is 0. The Labute approximate surface area is 314 Å². The van der Waals surface area contributed by atoms with Gasteiger partial charge in [0.1, 0.15) is 19.8 Å². The number of ether oxygens (including phenoxy) is 2. The topological polar surface area (TPSA) is 94.1 Å². The maximum Gasteiger partial charge on any atom is 0.306 e. The first-order chi connectivity index (χ1) is 24.6. The number of unbranched alkanes of at least 4 members (excludes halogenated alkanes) is 17. The fourth-order valence-electron chi connectivity index (χ4n) is 5.22. The predicted octanol–water partition coefficient (Wildman–Crippen LogP) is 11.3. The highest BCUT2D eigenvalue weighted by Crippen LogP contribution is 2.38. The number of rotatable bonds is 37. The van der Waals surface area contributed by atoms with Gasteiger partial charge in [0, 0.05) is 6.42 Å². The summed E-state index contributed by atoms with van der Waals surface area (Å²) in [5.41, 5.74) is 0. The molecule has 51 heavy (non-hydrogen) atoms. The number of phosphoric ester groups is 1. The lowest BCUT2D eigenvalue weighted by Gasteiger charge is -2.28. The molecule has 0 aliphatic heterocycles. The predicted molar refractivity (Wildman–Crippen MR) is 212 cm³/mol. The van der Waals surface area contributed by atoms with Crippen LogP contribution in [0.3, 0.4) is 0 Å². The van der Waals surface area contributed by atoms with Crippen molar-refractivity contribution in [1.82, 2.24) is 0 Å². The Morgan fingerprint density at radius 1 is 0.627 bits per heavy atom. The van der Waals surface area contributed by atoms with Crippen molar-refractivity contribution in [2.75, 3.05) is 47.5 Å². The Balaban J connectivity index is 4.41. The van der Waals surface area contributed by atoms with Gasteiger partial charge in [-0.3, -0.25) is 9.36 Å².